The molecular formula is C28H27O6P. The molecule has 0 aliphatic heterocycles. The highest BCUT2D eigenvalue weighted by Gasteiger charge is 2.30. The minimum Gasteiger partial charge on any atom is -0.489 e. The standard InChI is InChI=1S/C28H27O6P/c1-2-32-35(29,33-27-17-13-25(14-18-27)30-21-23-9-5-3-6-10-23)34-28-19-15-26(16-20-28)31-22-24-11-7-4-8-12-24/h3-20H,2,21-22H2,1H3. The Morgan fingerprint density at radius 1 is 0.543 bits per heavy atom. The first-order valence-electron chi connectivity index (χ1n) is 11.3. The molecule has 0 aromatic heterocycles. The molecule has 0 bridgehead atoms. The van der Waals surface area contributed by atoms with E-state index < -0.39 is 7.82 Å². The van der Waals surface area contributed by atoms with Gasteiger partial charge in [0.25, 0.3) is 0 Å². The van der Waals surface area contributed by atoms with Crippen molar-refractivity contribution in [3.63, 3.8) is 0 Å². The predicted octanol–water partition coefficient (Wildman–Crippen LogP) is 7.45. The van der Waals surface area contributed by atoms with E-state index in [9.17, 15) is 4.57 Å². The summed E-state index contributed by atoms with van der Waals surface area (Å²) in [7, 11) is -3.90. The number of hydrogen-bond donors (Lipinski definition) is 0. The second-order valence-corrected chi connectivity index (χ2v) is 9.06. The van der Waals surface area contributed by atoms with Crippen molar-refractivity contribution >= 4 is 7.82 Å². The van der Waals surface area contributed by atoms with Crippen LogP contribution in [0.5, 0.6) is 23.0 Å². The monoisotopic (exact) mass is 490 g/mol. The van der Waals surface area contributed by atoms with Crippen LogP contribution < -0.4 is 18.5 Å². The smallest absolute Gasteiger partial charge is 0.489 e. The molecule has 7 heteroatoms. The molecule has 180 valence electrons. The molecule has 4 rings (SSSR count). The summed E-state index contributed by atoms with van der Waals surface area (Å²) in [5, 5.41) is 0. The summed E-state index contributed by atoms with van der Waals surface area (Å²) >= 11 is 0. The minimum atomic E-state index is -3.90. The molecule has 0 atom stereocenters. The van der Waals surface area contributed by atoms with E-state index in [0.29, 0.717) is 36.2 Å². The molecule has 0 spiro atoms. The third-order valence-electron chi connectivity index (χ3n) is 4.87. The van der Waals surface area contributed by atoms with Gasteiger partial charge in [-0.1, -0.05) is 60.7 Å². The lowest BCUT2D eigenvalue weighted by Crippen LogP contribution is -2.05. The fourth-order valence-electron chi connectivity index (χ4n) is 3.16. The summed E-state index contributed by atoms with van der Waals surface area (Å²) in [4.78, 5) is 0. The molecule has 0 radical (unpaired) electrons. The van der Waals surface area contributed by atoms with Crippen molar-refractivity contribution < 1.29 is 27.6 Å². The molecule has 0 aliphatic rings. The van der Waals surface area contributed by atoms with Gasteiger partial charge in [0.15, 0.2) is 0 Å². The molecule has 35 heavy (non-hydrogen) atoms. The maximum atomic E-state index is 13.2. The highest BCUT2D eigenvalue weighted by Crippen LogP contribution is 2.49. The third kappa shape index (κ3) is 7.64. The molecule has 4 aromatic carbocycles. The van der Waals surface area contributed by atoms with Gasteiger partial charge in [-0.25, -0.2) is 4.57 Å². The summed E-state index contributed by atoms with van der Waals surface area (Å²) < 4.78 is 41.4. The maximum absolute atomic E-state index is 13.2. The van der Waals surface area contributed by atoms with E-state index >= 15 is 0 Å². The topological polar surface area (TPSA) is 63.2 Å². The number of benzene rings is 4. The van der Waals surface area contributed by atoms with Crippen molar-refractivity contribution in [1.29, 1.82) is 0 Å². The fraction of sp³-hybridized carbons (Fsp3) is 0.143. The average molecular weight is 490 g/mol. The van der Waals surface area contributed by atoms with Crippen LogP contribution in [0.15, 0.2) is 109 Å². The van der Waals surface area contributed by atoms with Gasteiger partial charge in [-0.15, -0.1) is 0 Å². The third-order valence-corrected chi connectivity index (χ3v) is 6.31. The largest absolute Gasteiger partial charge is 0.587 e. The van der Waals surface area contributed by atoms with Crippen LogP contribution in [0.25, 0.3) is 0 Å². The van der Waals surface area contributed by atoms with Gasteiger partial charge in [0.1, 0.15) is 36.2 Å². The van der Waals surface area contributed by atoms with Gasteiger partial charge < -0.3 is 18.5 Å². The molecular weight excluding hydrogens is 463 g/mol. The molecule has 4 aromatic rings. The van der Waals surface area contributed by atoms with Gasteiger partial charge in [0, 0.05) is 0 Å². The van der Waals surface area contributed by atoms with Crippen molar-refractivity contribution in [3.05, 3.63) is 120 Å². The van der Waals surface area contributed by atoms with Crippen LogP contribution in [-0.2, 0) is 22.3 Å². The van der Waals surface area contributed by atoms with Crippen molar-refractivity contribution in [2.75, 3.05) is 6.61 Å². The number of hydrogen-bond acceptors (Lipinski definition) is 6. The Balaban J connectivity index is 1.34. The van der Waals surface area contributed by atoms with E-state index in [1.165, 1.54) is 0 Å². The molecule has 0 saturated carbocycles. The Kier molecular flexibility index (Phi) is 8.44. The minimum absolute atomic E-state index is 0.161. The quantitative estimate of drug-likeness (QED) is 0.192. The Labute approximate surface area is 205 Å². The van der Waals surface area contributed by atoms with Gasteiger partial charge in [0.2, 0.25) is 0 Å². The summed E-state index contributed by atoms with van der Waals surface area (Å²) in [6, 6.07) is 33.4. The SMILES string of the molecule is CCOP(=O)(Oc1ccc(OCc2ccccc2)cc1)Oc1ccc(OCc2ccccc2)cc1. The van der Waals surface area contributed by atoms with Gasteiger partial charge in [-0.2, -0.15) is 0 Å². The van der Waals surface area contributed by atoms with Crippen LogP contribution in [0.3, 0.4) is 0 Å². The predicted molar refractivity (Wildman–Crippen MR) is 135 cm³/mol. The number of ether oxygens (including phenoxy) is 2. The van der Waals surface area contributed by atoms with E-state index in [4.69, 9.17) is 23.0 Å². The van der Waals surface area contributed by atoms with E-state index in [-0.39, 0.29) is 6.61 Å². The van der Waals surface area contributed by atoms with Crippen LogP contribution in [0.1, 0.15) is 18.1 Å². The van der Waals surface area contributed by atoms with Crippen LogP contribution in [-0.4, -0.2) is 6.61 Å². The van der Waals surface area contributed by atoms with Gasteiger partial charge in [-0.05, 0) is 66.6 Å². The summed E-state index contributed by atoms with van der Waals surface area (Å²) in [6.45, 7) is 2.79. The number of phosphoric acid groups is 1. The zero-order chi connectivity index (χ0) is 24.3. The molecule has 6 nitrogen and oxygen atoms in total. The molecule has 0 fully saturated rings. The zero-order valence-corrected chi connectivity index (χ0v) is 20.3. The summed E-state index contributed by atoms with van der Waals surface area (Å²) in [5.41, 5.74) is 2.14. The normalized spacial score (nSPS) is 11.0. The lowest BCUT2D eigenvalue weighted by molar-refractivity contribution is 0.219. The van der Waals surface area contributed by atoms with Crippen molar-refractivity contribution in [1.82, 2.24) is 0 Å². The molecule has 0 N–H and O–H groups in total. The Morgan fingerprint density at radius 3 is 1.29 bits per heavy atom. The van der Waals surface area contributed by atoms with Crippen LogP contribution in [0, 0.1) is 0 Å². The van der Waals surface area contributed by atoms with Crippen LogP contribution in [0.4, 0.5) is 0 Å². The van der Waals surface area contributed by atoms with E-state index in [2.05, 4.69) is 0 Å². The first kappa shape index (κ1) is 24.4. The molecule has 0 heterocycles. The average Bonchev–Trinajstić information content (AvgIpc) is 2.89. The van der Waals surface area contributed by atoms with Gasteiger partial charge >= 0.3 is 7.82 Å². The highest BCUT2D eigenvalue weighted by molar-refractivity contribution is 7.49. The second kappa shape index (κ2) is 12.1. The Bertz CT molecular complexity index is 1120. The molecule has 0 saturated heterocycles. The maximum Gasteiger partial charge on any atom is 0.587 e. The summed E-state index contributed by atoms with van der Waals surface area (Å²) in [6.07, 6.45) is 0. The van der Waals surface area contributed by atoms with Gasteiger partial charge in [-0.3, -0.25) is 4.52 Å². The second-order valence-electron chi connectivity index (χ2n) is 7.54. The number of phosphoric ester groups is 1. The van der Waals surface area contributed by atoms with E-state index in [1.54, 1.807) is 55.5 Å². The van der Waals surface area contributed by atoms with Crippen LogP contribution >= 0.6 is 7.82 Å². The van der Waals surface area contributed by atoms with E-state index in [0.717, 1.165) is 11.1 Å². The zero-order valence-electron chi connectivity index (χ0n) is 19.4. The lowest BCUT2D eigenvalue weighted by atomic mass is 10.2. The van der Waals surface area contributed by atoms with Crippen molar-refractivity contribution in [2.45, 2.75) is 20.1 Å². The fourth-order valence-corrected chi connectivity index (χ4v) is 4.38. The Hall–Kier alpha value is -3.73. The first-order valence-corrected chi connectivity index (χ1v) is 12.8. The van der Waals surface area contributed by atoms with Crippen molar-refractivity contribution in [2.24, 2.45) is 0 Å². The summed E-state index contributed by atoms with van der Waals surface area (Å²) in [5.74, 6) is 2.02. The van der Waals surface area contributed by atoms with E-state index in [1.807, 2.05) is 60.7 Å². The highest BCUT2D eigenvalue weighted by atomic mass is 31.2. The molecule has 0 unspecified atom stereocenters. The van der Waals surface area contributed by atoms with Gasteiger partial charge in [0.05, 0.1) is 6.61 Å². The van der Waals surface area contributed by atoms with Crippen LogP contribution in [0.2, 0.25) is 0 Å². The molecule has 0 aliphatic carbocycles. The number of rotatable bonds is 12. The first-order chi connectivity index (χ1) is 17.1. The lowest BCUT2D eigenvalue weighted by Gasteiger charge is -2.18. The van der Waals surface area contributed by atoms with Crippen molar-refractivity contribution in [3.8, 4) is 23.0 Å². The molecule has 0 amide bonds. The Morgan fingerprint density at radius 2 is 0.914 bits per heavy atom.